The number of nitrogens with zero attached hydrogens (tertiary/aromatic N) is 3. The molecule has 45 heavy (non-hydrogen) atoms. The Balaban J connectivity index is 1.40. The molecular weight excluding hydrogens is 540 g/mol. The van der Waals surface area contributed by atoms with E-state index < -0.39 is 0 Å². The highest BCUT2D eigenvalue weighted by atomic mass is 14.9. The van der Waals surface area contributed by atoms with E-state index >= 15 is 0 Å². The minimum atomic E-state index is 0.137. The van der Waals surface area contributed by atoms with Crippen molar-refractivity contribution < 1.29 is 0 Å². The van der Waals surface area contributed by atoms with E-state index in [1.54, 1.807) is 6.20 Å². The fourth-order valence-electron chi connectivity index (χ4n) is 5.63. The first-order valence-corrected chi connectivity index (χ1v) is 14.4. The number of benzene rings is 5. The van der Waals surface area contributed by atoms with Crippen LogP contribution in [0.4, 0.5) is 0 Å². The Morgan fingerprint density at radius 2 is 1.04 bits per heavy atom. The molecule has 0 bridgehead atoms. The van der Waals surface area contributed by atoms with Gasteiger partial charge in [0.2, 0.25) is 0 Å². The lowest BCUT2D eigenvalue weighted by Crippen LogP contribution is -2.55. The number of rotatable bonds is 5. The van der Waals surface area contributed by atoms with Crippen molar-refractivity contribution in [1.29, 1.82) is 0 Å². The van der Waals surface area contributed by atoms with E-state index in [2.05, 4.69) is 71.7 Å². The molecule has 0 amide bonds. The zero-order chi connectivity index (χ0) is 31.1. The van der Waals surface area contributed by atoms with Crippen molar-refractivity contribution in [2.24, 2.45) is 0 Å². The smallest absolute Gasteiger partial charge is 0.159 e. The highest BCUT2D eigenvalue weighted by molar-refractivity contribution is 6.68. The molecule has 0 saturated carbocycles. The first-order chi connectivity index (χ1) is 21.9. The summed E-state index contributed by atoms with van der Waals surface area (Å²) in [6.45, 7) is 0. The molecule has 0 unspecified atom stereocenters. The van der Waals surface area contributed by atoms with Gasteiger partial charge in [-0.2, -0.15) is 0 Å². The number of fused-ring (bicyclic) bond motifs is 1. The zero-order valence-electron chi connectivity index (χ0n) is 24.3. The van der Waals surface area contributed by atoms with Gasteiger partial charge in [-0.25, -0.2) is 9.97 Å². The monoisotopic (exact) mass is 561 g/mol. The third kappa shape index (κ3) is 5.31. The molecule has 0 atom stereocenters. The SMILES string of the molecule is [B]c1c([B])c([B])c(-c2nc(-c3ccc(-c4cccc5ccccc45)cc3)cc(-c3cccc(-c4cccnc4)c3)n2)c([B])c1[B]. The van der Waals surface area contributed by atoms with E-state index in [4.69, 9.17) is 49.2 Å². The molecule has 0 spiro atoms. The van der Waals surface area contributed by atoms with E-state index in [0.29, 0.717) is 22.8 Å². The van der Waals surface area contributed by atoms with Gasteiger partial charge in [0.1, 0.15) is 39.2 Å². The molecule has 198 valence electrons. The highest BCUT2D eigenvalue weighted by Gasteiger charge is 2.18. The molecule has 0 fully saturated rings. The summed E-state index contributed by atoms with van der Waals surface area (Å²) in [5.74, 6) is 0.292. The lowest BCUT2D eigenvalue weighted by Gasteiger charge is -2.21. The van der Waals surface area contributed by atoms with Gasteiger partial charge in [-0.15, -0.1) is 16.4 Å². The quantitative estimate of drug-likeness (QED) is 0.303. The van der Waals surface area contributed by atoms with Gasteiger partial charge < -0.3 is 0 Å². The van der Waals surface area contributed by atoms with Crippen LogP contribution in [-0.4, -0.2) is 54.2 Å². The van der Waals surface area contributed by atoms with Crippen molar-refractivity contribution in [3.63, 3.8) is 0 Å². The lowest BCUT2D eigenvalue weighted by molar-refractivity contribution is 1.19. The van der Waals surface area contributed by atoms with Crippen LogP contribution in [0.1, 0.15) is 0 Å². The van der Waals surface area contributed by atoms with Crippen molar-refractivity contribution in [2.75, 3.05) is 0 Å². The van der Waals surface area contributed by atoms with Gasteiger partial charge >= 0.3 is 0 Å². The number of aromatic nitrogens is 3. The summed E-state index contributed by atoms with van der Waals surface area (Å²) in [6, 6.07) is 37.0. The van der Waals surface area contributed by atoms with Gasteiger partial charge in [0, 0.05) is 34.6 Å². The number of hydrogen-bond acceptors (Lipinski definition) is 3. The summed E-state index contributed by atoms with van der Waals surface area (Å²) in [5.41, 5.74) is 8.49. The van der Waals surface area contributed by atoms with Crippen molar-refractivity contribution >= 4 is 77.3 Å². The summed E-state index contributed by atoms with van der Waals surface area (Å²) in [6.07, 6.45) is 3.58. The predicted molar refractivity (Wildman–Crippen MR) is 191 cm³/mol. The van der Waals surface area contributed by atoms with Crippen molar-refractivity contribution in [3.05, 3.63) is 122 Å². The zero-order valence-corrected chi connectivity index (χ0v) is 24.3. The summed E-state index contributed by atoms with van der Waals surface area (Å²) in [5, 5.41) is 2.38. The molecule has 8 heteroatoms. The summed E-state index contributed by atoms with van der Waals surface area (Å²) >= 11 is 0. The van der Waals surface area contributed by atoms with Crippen molar-refractivity contribution in [2.45, 2.75) is 0 Å². The minimum absolute atomic E-state index is 0.137. The van der Waals surface area contributed by atoms with Crippen molar-refractivity contribution in [3.8, 4) is 56.2 Å². The standard InChI is InChI=1S/C37H20B5N3/c38-32-31(33(39)35(41)36(42)34(32)40)37-44-29(19-30(45-37)25-9-3-8-24(18-25)26-10-5-17-43-20-26)23-15-13-22(14-16-23)28-12-4-7-21-6-1-2-11-27(21)28/h1-20H. The summed E-state index contributed by atoms with van der Waals surface area (Å²) in [4.78, 5) is 14.1. The Hall–Kier alpha value is -5.09. The minimum Gasteiger partial charge on any atom is -0.264 e. The Labute approximate surface area is 269 Å². The second-order valence-corrected chi connectivity index (χ2v) is 10.8. The van der Waals surface area contributed by atoms with Crippen LogP contribution in [0.5, 0.6) is 0 Å². The summed E-state index contributed by atoms with van der Waals surface area (Å²) < 4.78 is 0. The lowest BCUT2D eigenvalue weighted by atomic mass is 9.60. The molecule has 0 aliphatic carbocycles. The van der Waals surface area contributed by atoms with Gasteiger partial charge in [0.25, 0.3) is 0 Å². The summed E-state index contributed by atoms with van der Waals surface area (Å²) in [7, 11) is 31.5. The number of pyridine rings is 1. The Morgan fingerprint density at radius 3 is 1.78 bits per heavy atom. The molecule has 0 saturated heterocycles. The molecule has 0 aliphatic rings. The fraction of sp³-hybridized carbons (Fsp3) is 0. The molecule has 2 aromatic heterocycles. The number of hydrogen-bond donors (Lipinski definition) is 0. The maximum Gasteiger partial charge on any atom is 0.159 e. The molecule has 0 aliphatic heterocycles. The van der Waals surface area contributed by atoms with Crippen LogP contribution in [-0.2, 0) is 0 Å². The van der Waals surface area contributed by atoms with Crippen LogP contribution in [0, 0.1) is 0 Å². The second kappa shape index (κ2) is 11.8. The maximum atomic E-state index is 6.46. The largest absolute Gasteiger partial charge is 0.264 e. The van der Waals surface area contributed by atoms with Crippen LogP contribution in [0.25, 0.3) is 66.9 Å². The normalized spacial score (nSPS) is 11.1. The molecule has 0 N–H and O–H groups in total. The molecule has 2 heterocycles. The molecule has 10 radical (unpaired) electrons. The van der Waals surface area contributed by atoms with Gasteiger partial charge in [-0.05, 0) is 45.7 Å². The molecule has 7 rings (SSSR count). The first-order valence-electron chi connectivity index (χ1n) is 14.4. The second-order valence-electron chi connectivity index (χ2n) is 10.8. The van der Waals surface area contributed by atoms with Crippen LogP contribution in [0.3, 0.4) is 0 Å². The van der Waals surface area contributed by atoms with Gasteiger partial charge in [0.15, 0.2) is 5.82 Å². The highest BCUT2D eigenvalue weighted by Crippen LogP contribution is 2.32. The van der Waals surface area contributed by atoms with Gasteiger partial charge in [-0.1, -0.05) is 102 Å². The fourth-order valence-corrected chi connectivity index (χ4v) is 5.63. The Bertz CT molecular complexity index is 2180. The van der Waals surface area contributed by atoms with Gasteiger partial charge in [-0.3, -0.25) is 4.98 Å². The Kier molecular flexibility index (Phi) is 7.50. The molecular formula is C37H20B5N3. The molecule has 3 nitrogen and oxygen atoms in total. The van der Waals surface area contributed by atoms with E-state index in [9.17, 15) is 0 Å². The third-order valence-electron chi connectivity index (χ3n) is 8.08. The van der Waals surface area contributed by atoms with Gasteiger partial charge in [0.05, 0.1) is 11.4 Å². The van der Waals surface area contributed by atoms with E-state index in [1.165, 1.54) is 10.8 Å². The van der Waals surface area contributed by atoms with Crippen LogP contribution >= 0.6 is 0 Å². The molecule has 5 aromatic carbocycles. The van der Waals surface area contributed by atoms with Crippen molar-refractivity contribution in [1.82, 2.24) is 15.0 Å². The predicted octanol–water partition coefficient (Wildman–Crippen LogP) is 3.33. The first kappa shape index (κ1) is 28.7. The van der Waals surface area contributed by atoms with E-state index in [1.807, 2.05) is 48.7 Å². The van der Waals surface area contributed by atoms with E-state index in [-0.39, 0.29) is 27.3 Å². The maximum absolute atomic E-state index is 6.46. The topological polar surface area (TPSA) is 38.7 Å². The van der Waals surface area contributed by atoms with Crippen LogP contribution < -0.4 is 27.3 Å². The average Bonchev–Trinajstić information content (AvgIpc) is 3.10. The van der Waals surface area contributed by atoms with Crippen LogP contribution in [0.2, 0.25) is 0 Å². The van der Waals surface area contributed by atoms with E-state index in [0.717, 1.165) is 33.4 Å². The average molecular weight is 561 g/mol. The Morgan fingerprint density at radius 1 is 0.444 bits per heavy atom. The molecule has 7 aromatic rings. The van der Waals surface area contributed by atoms with Crippen LogP contribution in [0.15, 0.2) is 122 Å². The third-order valence-corrected chi connectivity index (χ3v) is 8.08.